The third-order valence-electron chi connectivity index (χ3n) is 4.03. The molecule has 2 aromatic carbocycles. The number of nitrogens with one attached hydrogen (secondary N) is 1. The summed E-state index contributed by atoms with van der Waals surface area (Å²) < 4.78 is 13.3. The lowest BCUT2D eigenvalue weighted by molar-refractivity contribution is 0.435. The van der Waals surface area contributed by atoms with Gasteiger partial charge in [-0.25, -0.2) is 4.39 Å². The summed E-state index contributed by atoms with van der Waals surface area (Å²) in [5, 5.41) is 3.54. The van der Waals surface area contributed by atoms with Crippen LogP contribution in [-0.2, 0) is 0 Å². The van der Waals surface area contributed by atoms with E-state index in [0.717, 1.165) is 12.1 Å². The average molecular weight is 285 g/mol. The molecule has 0 aliphatic heterocycles. The predicted molar refractivity (Wildman–Crippen MR) is 86.8 cm³/mol. The number of benzene rings is 2. The van der Waals surface area contributed by atoms with Crippen LogP contribution in [0.1, 0.15) is 43.9 Å². The zero-order valence-electron chi connectivity index (χ0n) is 13.0. The molecule has 0 aromatic heterocycles. The van der Waals surface area contributed by atoms with Crippen LogP contribution >= 0.6 is 0 Å². The smallest absolute Gasteiger partial charge is 0.123 e. The van der Waals surface area contributed by atoms with Crippen molar-refractivity contribution in [1.82, 2.24) is 5.32 Å². The summed E-state index contributed by atoms with van der Waals surface area (Å²) >= 11 is 0. The Morgan fingerprint density at radius 3 is 2.19 bits per heavy atom. The maximum atomic E-state index is 13.3. The highest BCUT2D eigenvalue weighted by Gasteiger charge is 2.17. The lowest BCUT2D eigenvalue weighted by Gasteiger charge is -2.24. The van der Waals surface area contributed by atoms with Crippen molar-refractivity contribution in [2.45, 2.75) is 32.7 Å². The molecule has 1 nitrogen and oxygen atoms in total. The van der Waals surface area contributed by atoms with E-state index in [1.807, 2.05) is 12.1 Å². The molecule has 2 atom stereocenters. The zero-order valence-corrected chi connectivity index (χ0v) is 13.0. The first-order valence-corrected chi connectivity index (χ1v) is 7.61. The number of hydrogen-bond acceptors (Lipinski definition) is 1. The van der Waals surface area contributed by atoms with Crippen molar-refractivity contribution in [2.24, 2.45) is 5.92 Å². The Morgan fingerprint density at radius 1 is 0.905 bits per heavy atom. The molecule has 0 amide bonds. The molecule has 2 aromatic rings. The molecule has 2 heteroatoms. The molecule has 1 unspecified atom stereocenters. The van der Waals surface area contributed by atoms with Gasteiger partial charge in [0.25, 0.3) is 0 Å². The van der Waals surface area contributed by atoms with Crippen molar-refractivity contribution in [3.8, 4) is 0 Å². The molecular weight excluding hydrogens is 261 g/mol. The first-order valence-electron chi connectivity index (χ1n) is 7.61. The van der Waals surface area contributed by atoms with E-state index in [1.165, 1.54) is 11.6 Å². The van der Waals surface area contributed by atoms with Gasteiger partial charge in [-0.15, -0.1) is 0 Å². The van der Waals surface area contributed by atoms with Crippen molar-refractivity contribution < 1.29 is 4.39 Å². The molecule has 1 N–H and O–H groups in total. The second-order valence-electron chi connectivity index (χ2n) is 5.95. The Labute approximate surface area is 127 Å². The van der Waals surface area contributed by atoms with E-state index >= 15 is 0 Å². The van der Waals surface area contributed by atoms with Gasteiger partial charge in [0.15, 0.2) is 0 Å². The first-order chi connectivity index (χ1) is 10.1. The van der Waals surface area contributed by atoms with E-state index in [0.29, 0.717) is 11.8 Å². The van der Waals surface area contributed by atoms with Gasteiger partial charge in [0.2, 0.25) is 0 Å². The Morgan fingerprint density at radius 2 is 1.57 bits per heavy atom. The lowest BCUT2D eigenvalue weighted by atomic mass is 9.88. The summed E-state index contributed by atoms with van der Waals surface area (Å²) in [5.74, 6) is 0.839. The Bertz CT molecular complexity index is 551. The molecule has 21 heavy (non-hydrogen) atoms. The van der Waals surface area contributed by atoms with E-state index in [1.54, 1.807) is 12.1 Å². The van der Waals surface area contributed by atoms with Crippen LogP contribution < -0.4 is 5.32 Å². The fraction of sp³-hybridized carbons (Fsp3) is 0.368. The molecule has 112 valence electrons. The van der Waals surface area contributed by atoms with Gasteiger partial charge in [-0.3, -0.25) is 0 Å². The summed E-state index contributed by atoms with van der Waals surface area (Å²) in [5.41, 5.74) is 2.34. The highest BCUT2D eigenvalue weighted by Crippen LogP contribution is 2.24. The largest absolute Gasteiger partial charge is 0.310 e. The fourth-order valence-electron chi connectivity index (χ4n) is 2.64. The van der Waals surface area contributed by atoms with Crippen molar-refractivity contribution in [2.75, 3.05) is 6.54 Å². The van der Waals surface area contributed by atoms with Crippen LogP contribution in [0.15, 0.2) is 54.6 Å². The molecule has 0 radical (unpaired) electrons. The Hall–Kier alpha value is -1.67. The van der Waals surface area contributed by atoms with E-state index in [2.05, 4.69) is 50.4 Å². The number of hydrogen-bond donors (Lipinski definition) is 1. The van der Waals surface area contributed by atoms with Crippen molar-refractivity contribution in [1.29, 1.82) is 0 Å². The third kappa shape index (κ3) is 4.40. The minimum atomic E-state index is -0.176. The van der Waals surface area contributed by atoms with Gasteiger partial charge in [-0.05, 0) is 42.0 Å². The standard InChI is InChI=1S/C19H24FN/c1-14(2)19(16-8-5-4-6-9-16)13-21-15(3)17-10-7-11-18(20)12-17/h4-12,14-15,19,21H,13H2,1-3H3/t15-,19?/m0/s1. The van der Waals surface area contributed by atoms with Crippen LogP contribution in [0.2, 0.25) is 0 Å². The monoisotopic (exact) mass is 285 g/mol. The minimum absolute atomic E-state index is 0.144. The average Bonchev–Trinajstić information content (AvgIpc) is 2.48. The van der Waals surface area contributed by atoms with Gasteiger partial charge < -0.3 is 5.32 Å². The molecule has 0 spiro atoms. The van der Waals surface area contributed by atoms with E-state index < -0.39 is 0 Å². The highest BCUT2D eigenvalue weighted by molar-refractivity contribution is 5.22. The fourth-order valence-corrected chi connectivity index (χ4v) is 2.64. The quantitative estimate of drug-likeness (QED) is 0.794. The maximum Gasteiger partial charge on any atom is 0.123 e. The van der Waals surface area contributed by atoms with Crippen molar-refractivity contribution >= 4 is 0 Å². The van der Waals surface area contributed by atoms with Gasteiger partial charge in [-0.1, -0.05) is 56.3 Å². The summed E-state index contributed by atoms with van der Waals surface area (Å²) in [6.07, 6.45) is 0. The van der Waals surface area contributed by atoms with Crippen LogP contribution in [0.25, 0.3) is 0 Å². The Kier molecular flexibility index (Phi) is 5.51. The van der Waals surface area contributed by atoms with Crippen LogP contribution in [0, 0.1) is 11.7 Å². The SMILES string of the molecule is CC(C)C(CN[C@@H](C)c1cccc(F)c1)c1ccccc1. The summed E-state index contributed by atoms with van der Waals surface area (Å²) in [7, 11) is 0. The first kappa shape index (κ1) is 15.7. The van der Waals surface area contributed by atoms with E-state index in [-0.39, 0.29) is 11.9 Å². The van der Waals surface area contributed by atoms with E-state index in [4.69, 9.17) is 0 Å². The molecule has 0 aliphatic rings. The molecule has 0 fully saturated rings. The molecule has 0 heterocycles. The molecule has 0 aliphatic carbocycles. The normalized spacial score (nSPS) is 14.1. The number of rotatable bonds is 6. The lowest BCUT2D eigenvalue weighted by Crippen LogP contribution is -2.27. The van der Waals surface area contributed by atoms with Crippen LogP contribution in [0.5, 0.6) is 0 Å². The molecular formula is C19H24FN. The van der Waals surface area contributed by atoms with Gasteiger partial charge in [-0.2, -0.15) is 0 Å². The second kappa shape index (κ2) is 7.37. The molecule has 0 saturated carbocycles. The Balaban J connectivity index is 2.02. The third-order valence-corrected chi connectivity index (χ3v) is 4.03. The van der Waals surface area contributed by atoms with Crippen molar-refractivity contribution in [3.05, 3.63) is 71.5 Å². The minimum Gasteiger partial charge on any atom is -0.310 e. The van der Waals surface area contributed by atoms with Crippen molar-refractivity contribution in [3.63, 3.8) is 0 Å². The molecule has 0 bridgehead atoms. The van der Waals surface area contributed by atoms with Gasteiger partial charge in [0.1, 0.15) is 5.82 Å². The van der Waals surface area contributed by atoms with Gasteiger partial charge in [0.05, 0.1) is 0 Å². The topological polar surface area (TPSA) is 12.0 Å². The van der Waals surface area contributed by atoms with Crippen LogP contribution in [0.4, 0.5) is 4.39 Å². The molecule has 2 rings (SSSR count). The zero-order chi connectivity index (χ0) is 15.2. The van der Waals surface area contributed by atoms with Crippen LogP contribution in [0.3, 0.4) is 0 Å². The second-order valence-corrected chi connectivity index (χ2v) is 5.95. The van der Waals surface area contributed by atoms with E-state index in [9.17, 15) is 4.39 Å². The number of halogens is 1. The van der Waals surface area contributed by atoms with Crippen LogP contribution in [-0.4, -0.2) is 6.54 Å². The van der Waals surface area contributed by atoms with Gasteiger partial charge >= 0.3 is 0 Å². The molecule has 0 saturated heterocycles. The summed E-state index contributed by atoms with van der Waals surface area (Å²) in [6.45, 7) is 7.45. The predicted octanol–water partition coefficient (Wildman–Crippen LogP) is 4.92. The summed E-state index contributed by atoms with van der Waals surface area (Å²) in [4.78, 5) is 0. The highest BCUT2D eigenvalue weighted by atomic mass is 19.1. The summed E-state index contributed by atoms with van der Waals surface area (Å²) in [6, 6.07) is 17.5. The maximum absolute atomic E-state index is 13.3. The van der Waals surface area contributed by atoms with Gasteiger partial charge in [0, 0.05) is 12.6 Å².